The van der Waals surface area contributed by atoms with Gasteiger partial charge in [0.2, 0.25) is 5.91 Å². The van der Waals surface area contributed by atoms with Gasteiger partial charge in [0, 0.05) is 17.8 Å². The zero-order valence-corrected chi connectivity index (χ0v) is 9.74. The van der Waals surface area contributed by atoms with Crippen molar-refractivity contribution < 1.29 is 4.79 Å². The molecule has 1 unspecified atom stereocenters. The minimum absolute atomic E-state index is 0.105. The van der Waals surface area contributed by atoms with Gasteiger partial charge in [-0.05, 0) is 12.3 Å². The molecule has 0 aliphatic rings. The number of halogens is 1. The maximum absolute atomic E-state index is 11.4. The normalized spacial score (nSPS) is 13.9. The van der Waals surface area contributed by atoms with Crippen molar-refractivity contribution >= 4 is 17.5 Å². The molecule has 78 valence electrons. The number of rotatable bonds is 4. The summed E-state index contributed by atoms with van der Waals surface area (Å²) in [6, 6.07) is 0. The van der Waals surface area contributed by atoms with Crippen molar-refractivity contribution in [2.75, 3.05) is 12.4 Å². The van der Waals surface area contributed by atoms with Gasteiger partial charge < -0.3 is 5.32 Å². The van der Waals surface area contributed by atoms with Crippen LogP contribution in [0.4, 0.5) is 0 Å². The molecule has 0 aromatic rings. The highest BCUT2D eigenvalue weighted by atomic mass is 35.5. The van der Waals surface area contributed by atoms with Crippen LogP contribution in [0.15, 0.2) is 0 Å². The van der Waals surface area contributed by atoms with Gasteiger partial charge in [0.25, 0.3) is 0 Å². The number of carbonyl (C=O) groups is 1. The van der Waals surface area contributed by atoms with Crippen LogP contribution in [0.5, 0.6) is 0 Å². The molecule has 0 saturated carbocycles. The summed E-state index contributed by atoms with van der Waals surface area (Å²) in [6.45, 7) is 8.55. The summed E-state index contributed by atoms with van der Waals surface area (Å²) in [7, 11) is 0. The van der Waals surface area contributed by atoms with Gasteiger partial charge in [0.05, 0.1) is 0 Å². The second-order valence-electron chi connectivity index (χ2n) is 4.54. The average Bonchev–Trinajstić information content (AvgIpc) is 1.99. The van der Waals surface area contributed by atoms with Crippen LogP contribution in [-0.2, 0) is 4.79 Å². The molecular formula is C10H20ClNO. The van der Waals surface area contributed by atoms with E-state index in [9.17, 15) is 4.79 Å². The lowest BCUT2D eigenvalue weighted by molar-refractivity contribution is -0.128. The van der Waals surface area contributed by atoms with E-state index in [0.717, 1.165) is 13.0 Å². The Balaban J connectivity index is 3.71. The summed E-state index contributed by atoms with van der Waals surface area (Å²) < 4.78 is 0. The van der Waals surface area contributed by atoms with Crippen LogP contribution in [0.3, 0.4) is 0 Å². The molecule has 0 aromatic heterocycles. The molecule has 0 spiro atoms. The van der Waals surface area contributed by atoms with Crippen LogP contribution < -0.4 is 5.32 Å². The molecule has 0 heterocycles. The maximum Gasteiger partial charge on any atom is 0.225 e. The van der Waals surface area contributed by atoms with E-state index in [1.54, 1.807) is 0 Å². The molecule has 3 heteroatoms. The molecule has 0 bridgehead atoms. The fourth-order valence-electron chi connectivity index (χ4n) is 0.820. The third-order valence-electron chi connectivity index (χ3n) is 1.89. The standard InChI is InChI=1S/C10H20ClNO/c1-8(5-6-11)7-12-9(13)10(2,3)4/h8H,5-7H2,1-4H3,(H,12,13). The Kier molecular flexibility index (Phi) is 5.38. The molecular weight excluding hydrogens is 186 g/mol. The maximum atomic E-state index is 11.4. The molecule has 0 rings (SSSR count). The summed E-state index contributed by atoms with van der Waals surface area (Å²) in [5.41, 5.74) is -0.291. The summed E-state index contributed by atoms with van der Waals surface area (Å²) in [4.78, 5) is 11.4. The first-order valence-corrected chi connectivity index (χ1v) is 5.25. The van der Waals surface area contributed by atoms with E-state index in [2.05, 4.69) is 12.2 Å². The number of alkyl halides is 1. The molecule has 0 aliphatic heterocycles. The van der Waals surface area contributed by atoms with Crippen molar-refractivity contribution in [1.82, 2.24) is 5.32 Å². The van der Waals surface area contributed by atoms with Gasteiger partial charge in [-0.25, -0.2) is 0 Å². The molecule has 1 N–H and O–H groups in total. The van der Waals surface area contributed by atoms with Crippen LogP contribution in [0.25, 0.3) is 0 Å². The van der Waals surface area contributed by atoms with Crippen LogP contribution in [0.2, 0.25) is 0 Å². The van der Waals surface area contributed by atoms with E-state index in [1.165, 1.54) is 0 Å². The van der Waals surface area contributed by atoms with E-state index in [1.807, 2.05) is 20.8 Å². The van der Waals surface area contributed by atoms with E-state index in [4.69, 9.17) is 11.6 Å². The van der Waals surface area contributed by atoms with Crippen molar-refractivity contribution in [2.45, 2.75) is 34.1 Å². The van der Waals surface area contributed by atoms with Gasteiger partial charge in [-0.15, -0.1) is 11.6 Å². The third-order valence-corrected chi connectivity index (χ3v) is 2.11. The summed E-state index contributed by atoms with van der Waals surface area (Å²) in [5.74, 6) is 1.23. The fraction of sp³-hybridized carbons (Fsp3) is 0.900. The lowest BCUT2D eigenvalue weighted by Crippen LogP contribution is -2.37. The molecule has 13 heavy (non-hydrogen) atoms. The molecule has 1 amide bonds. The minimum atomic E-state index is -0.291. The number of hydrogen-bond acceptors (Lipinski definition) is 1. The largest absolute Gasteiger partial charge is 0.355 e. The van der Waals surface area contributed by atoms with Crippen molar-refractivity contribution in [2.24, 2.45) is 11.3 Å². The summed E-state index contributed by atoms with van der Waals surface area (Å²) in [6.07, 6.45) is 0.950. The van der Waals surface area contributed by atoms with Crippen molar-refractivity contribution in [3.8, 4) is 0 Å². The molecule has 0 aliphatic carbocycles. The highest BCUT2D eigenvalue weighted by molar-refractivity contribution is 6.17. The predicted octanol–water partition coefficient (Wildman–Crippen LogP) is 2.41. The molecule has 0 saturated heterocycles. The Labute approximate surface area is 86.0 Å². The highest BCUT2D eigenvalue weighted by Gasteiger charge is 2.20. The smallest absolute Gasteiger partial charge is 0.225 e. The second-order valence-corrected chi connectivity index (χ2v) is 4.92. The van der Waals surface area contributed by atoms with Gasteiger partial charge in [-0.3, -0.25) is 4.79 Å². The topological polar surface area (TPSA) is 29.1 Å². The third kappa shape index (κ3) is 5.92. The van der Waals surface area contributed by atoms with E-state index < -0.39 is 0 Å². The second kappa shape index (κ2) is 5.48. The molecule has 0 fully saturated rings. The van der Waals surface area contributed by atoms with Gasteiger partial charge in [0.1, 0.15) is 0 Å². The van der Waals surface area contributed by atoms with Crippen LogP contribution in [0.1, 0.15) is 34.1 Å². The molecule has 1 atom stereocenters. The van der Waals surface area contributed by atoms with Crippen LogP contribution in [-0.4, -0.2) is 18.3 Å². The molecule has 0 aromatic carbocycles. The van der Waals surface area contributed by atoms with E-state index in [0.29, 0.717) is 11.8 Å². The Morgan fingerprint density at radius 3 is 2.38 bits per heavy atom. The van der Waals surface area contributed by atoms with Crippen molar-refractivity contribution in [3.05, 3.63) is 0 Å². The Bertz CT molecular complexity index is 163. The quantitative estimate of drug-likeness (QED) is 0.702. The van der Waals surface area contributed by atoms with Crippen LogP contribution in [0, 0.1) is 11.3 Å². The van der Waals surface area contributed by atoms with Crippen molar-refractivity contribution in [3.63, 3.8) is 0 Å². The zero-order chi connectivity index (χ0) is 10.5. The highest BCUT2D eigenvalue weighted by Crippen LogP contribution is 2.12. The molecule has 2 nitrogen and oxygen atoms in total. The zero-order valence-electron chi connectivity index (χ0n) is 8.98. The summed E-state index contributed by atoms with van der Waals surface area (Å²) in [5, 5.41) is 2.91. The van der Waals surface area contributed by atoms with E-state index >= 15 is 0 Å². The monoisotopic (exact) mass is 205 g/mol. The van der Waals surface area contributed by atoms with Gasteiger partial charge in [-0.1, -0.05) is 27.7 Å². The number of hydrogen-bond donors (Lipinski definition) is 1. The SMILES string of the molecule is CC(CCCl)CNC(=O)C(C)(C)C. The number of nitrogens with one attached hydrogen (secondary N) is 1. The lowest BCUT2D eigenvalue weighted by Gasteiger charge is -2.19. The Hall–Kier alpha value is -0.240. The first-order valence-electron chi connectivity index (χ1n) is 4.72. The molecule has 0 radical (unpaired) electrons. The fourth-order valence-corrected chi connectivity index (χ4v) is 1.19. The summed E-state index contributed by atoms with van der Waals surface area (Å²) >= 11 is 5.59. The van der Waals surface area contributed by atoms with E-state index in [-0.39, 0.29) is 11.3 Å². The Morgan fingerprint density at radius 2 is 2.00 bits per heavy atom. The van der Waals surface area contributed by atoms with Crippen molar-refractivity contribution in [1.29, 1.82) is 0 Å². The number of amides is 1. The van der Waals surface area contributed by atoms with Gasteiger partial charge in [-0.2, -0.15) is 0 Å². The minimum Gasteiger partial charge on any atom is -0.355 e. The number of carbonyl (C=O) groups excluding carboxylic acids is 1. The lowest BCUT2D eigenvalue weighted by atomic mass is 9.95. The first kappa shape index (κ1) is 12.8. The van der Waals surface area contributed by atoms with Gasteiger partial charge in [0.15, 0.2) is 0 Å². The predicted molar refractivity (Wildman–Crippen MR) is 57.0 cm³/mol. The van der Waals surface area contributed by atoms with Crippen LogP contribution >= 0.6 is 11.6 Å². The first-order chi connectivity index (χ1) is 5.88. The Morgan fingerprint density at radius 1 is 1.46 bits per heavy atom. The van der Waals surface area contributed by atoms with Gasteiger partial charge >= 0.3 is 0 Å². The average molecular weight is 206 g/mol.